The molecular formula is C14H18O6. The van der Waals surface area contributed by atoms with Gasteiger partial charge in [-0.2, -0.15) is 0 Å². The molecule has 0 aliphatic rings. The molecule has 6 heteroatoms. The minimum absolute atomic E-state index is 0.0317. The van der Waals surface area contributed by atoms with E-state index in [0.29, 0.717) is 0 Å². The lowest BCUT2D eigenvalue weighted by Crippen LogP contribution is -2.14. The fraction of sp³-hybridized carbons (Fsp3) is 0.357. The first-order chi connectivity index (χ1) is 9.43. The van der Waals surface area contributed by atoms with E-state index in [1.807, 2.05) is 0 Å². The van der Waals surface area contributed by atoms with Crippen molar-refractivity contribution in [2.45, 2.75) is 19.5 Å². The summed E-state index contributed by atoms with van der Waals surface area (Å²) in [5.41, 5.74) is 0.673. The Morgan fingerprint density at radius 1 is 1.20 bits per heavy atom. The molecule has 0 spiro atoms. The Morgan fingerprint density at radius 2 is 1.80 bits per heavy atom. The Kier molecular flexibility index (Phi) is 6.33. The summed E-state index contributed by atoms with van der Waals surface area (Å²) in [6, 6.07) is 6.22. The molecule has 1 aromatic rings. The maximum atomic E-state index is 11.1. The minimum Gasteiger partial charge on any atom is -0.460 e. The van der Waals surface area contributed by atoms with Crippen LogP contribution in [0.2, 0.25) is 0 Å². The van der Waals surface area contributed by atoms with Crippen LogP contribution < -0.4 is 0 Å². The van der Waals surface area contributed by atoms with E-state index in [2.05, 4.69) is 6.58 Å². The Labute approximate surface area is 116 Å². The monoisotopic (exact) mass is 282 g/mol. The average Bonchev–Trinajstić information content (AvgIpc) is 2.42. The van der Waals surface area contributed by atoms with Crippen LogP contribution in [-0.4, -0.2) is 34.5 Å². The van der Waals surface area contributed by atoms with Crippen LogP contribution in [0.15, 0.2) is 36.4 Å². The molecule has 1 rings (SSSR count). The SMILES string of the molecule is C=C(C)C(=O)OCCOC(O)c1ccccc1C(O)O. The standard InChI is InChI=1S/C14H18O6/c1-9(2)13(17)19-7-8-20-14(18)11-6-4-3-5-10(11)12(15)16/h3-6,12,14-16,18H,1,7-8H2,2H3. The van der Waals surface area contributed by atoms with Crippen molar-refractivity contribution < 1.29 is 29.6 Å². The van der Waals surface area contributed by atoms with Crippen molar-refractivity contribution in [2.24, 2.45) is 0 Å². The van der Waals surface area contributed by atoms with Crippen molar-refractivity contribution in [3.63, 3.8) is 0 Å². The van der Waals surface area contributed by atoms with Crippen molar-refractivity contribution >= 4 is 5.97 Å². The van der Waals surface area contributed by atoms with E-state index < -0.39 is 18.5 Å². The van der Waals surface area contributed by atoms with Crippen LogP contribution in [0.1, 0.15) is 30.6 Å². The molecule has 0 saturated heterocycles. The highest BCUT2D eigenvalue weighted by molar-refractivity contribution is 5.86. The minimum atomic E-state index is -1.70. The van der Waals surface area contributed by atoms with Crippen molar-refractivity contribution in [1.82, 2.24) is 0 Å². The molecule has 1 unspecified atom stereocenters. The van der Waals surface area contributed by atoms with Gasteiger partial charge in [0.1, 0.15) is 6.61 Å². The maximum absolute atomic E-state index is 11.1. The number of rotatable bonds is 7. The number of esters is 1. The normalized spacial score (nSPS) is 12.2. The average molecular weight is 282 g/mol. The zero-order valence-corrected chi connectivity index (χ0v) is 11.2. The molecule has 0 amide bonds. The number of hydrogen-bond donors (Lipinski definition) is 3. The molecular weight excluding hydrogens is 264 g/mol. The number of aliphatic hydroxyl groups excluding tert-OH is 2. The number of carbonyl (C=O) groups is 1. The highest BCUT2D eigenvalue weighted by atomic mass is 16.6. The van der Waals surface area contributed by atoms with Crippen molar-refractivity contribution in [2.75, 3.05) is 13.2 Å². The van der Waals surface area contributed by atoms with Gasteiger partial charge in [0.25, 0.3) is 0 Å². The first-order valence-electron chi connectivity index (χ1n) is 6.00. The Hall–Kier alpha value is -1.73. The molecule has 0 aliphatic carbocycles. The van der Waals surface area contributed by atoms with Gasteiger partial charge in [-0.15, -0.1) is 0 Å². The molecule has 0 aromatic heterocycles. The number of hydrogen-bond acceptors (Lipinski definition) is 6. The van der Waals surface area contributed by atoms with Gasteiger partial charge < -0.3 is 24.8 Å². The van der Waals surface area contributed by atoms with E-state index in [4.69, 9.17) is 19.7 Å². The van der Waals surface area contributed by atoms with Crippen LogP contribution in [0.25, 0.3) is 0 Å². The molecule has 0 fully saturated rings. The fourth-order valence-corrected chi connectivity index (χ4v) is 1.48. The molecule has 0 saturated carbocycles. The van der Waals surface area contributed by atoms with E-state index in [-0.39, 0.29) is 29.9 Å². The lowest BCUT2D eigenvalue weighted by atomic mass is 10.1. The lowest BCUT2D eigenvalue weighted by molar-refractivity contribution is -0.148. The van der Waals surface area contributed by atoms with Gasteiger partial charge in [0.05, 0.1) is 6.61 Å². The maximum Gasteiger partial charge on any atom is 0.333 e. The smallest absolute Gasteiger partial charge is 0.333 e. The predicted octanol–water partition coefficient (Wildman–Crippen LogP) is 0.797. The quantitative estimate of drug-likeness (QED) is 0.296. The molecule has 1 atom stereocenters. The Morgan fingerprint density at radius 3 is 2.35 bits per heavy atom. The van der Waals surface area contributed by atoms with E-state index in [1.54, 1.807) is 12.1 Å². The van der Waals surface area contributed by atoms with Crippen molar-refractivity contribution in [1.29, 1.82) is 0 Å². The van der Waals surface area contributed by atoms with E-state index in [0.717, 1.165) is 0 Å². The summed E-state index contributed by atoms with van der Waals surface area (Å²) in [6.07, 6.45) is -3.04. The number of aliphatic hydroxyl groups is 3. The summed E-state index contributed by atoms with van der Waals surface area (Å²) in [5, 5.41) is 28.2. The highest BCUT2D eigenvalue weighted by Gasteiger charge is 2.16. The number of ether oxygens (including phenoxy) is 2. The van der Waals surface area contributed by atoms with Crippen LogP contribution in [-0.2, 0) is 14.3 Å². The molecule has 0 heterocycles. The third kappa shape index (κ3) is 4.75. The van der Waals surface area contributed by atoms with E-state index in [9.17, 15) is 9.90 Å². The molecule has 20 heavy (non-hydrogen) atoms. The second-order valence-corrected chi connectivity index (χ2v) is 4.14. The number of carbonyl (C=O) groups excluding carboxylic acids is 1. The van der Waals surface area contributed by atoms with Gasteiger partial charge in [0.15, 0.2) is 12.6 Å². The third-order valence-corrected chi connectivity index (χ3v) is 2.48. The van der Waals surface area contributed by atoms with Crippen molar-refractivity contribution in [3.05, 3.63) is 47.5 Å². The summed E-state index contributed by atoms with van der Waals surface area (Å²) in [7, 11) is 0. The first-order valence-corrected chi connectivity index (χ1v) is 6.00. The summed E-state index contributed by atoms with van der Waals surface area (Å²) >= 11 is 0. The largest absolute Gasteiger partial charge is 0.460 e. The van der Waals surface area contributed by atoms with Gasteiger partial charge in [-0.1, -0.05) is 30.8 Å². The van der Waals surface area contributed by atoms with Gasteiger partial charge in [-0.3, -0.25) is 0 Å². The lowest BCUT2D eigenvalue weighted by Gasteiger charge is -2.17. The second-order valence-electron chi connectivity index (χ2n) is 4.14. The summed E-state index contributed by atoms with van der Waals surface area (Å²) in [4.78, 5) is 11.1. The van der Waals surface area contributed by atoms with E-state index in [1.165, 1.54) is 19.1 Å². The van der Waals surface area contributed by atoms with E-state index >= 15 is 0 Å². The Bertz CT molecular complexity index is 468. The molecule has 110 valence electrons. The topological polar surface area (TPSA) is 96.2 Å². The zero-order chi connectivity index (χ0) is 15.1. The first kappa shape index (κ1) is 16.3. The van der Waals surface area contributed by atoms with Gasteiger partial charge in [-0.25, -0.2) is 4.79 Å². The van der Waals surface area contributed by atoms with Gasteiger partial charge in [-0.05, 0) is 6.92 Å². The van der Waals surface area contributed by atoms with Crippen LogP contribution in [0.4, 0.5) is 0 Å². The second kappa shape index (κ2) is 7.76. The molecule has 0 aliphatic heterocycles. The van der Waals surface area contributed by atoms with Crippen LogP contribution in [0.3, 0.4) is 0 Å². The summed E-state index contributed by atoms with van der Waals surface area (Å²) in [6.45, 7) is 4.89. The number of benzene rings is 1. The van der Waals surface area contributed by atoms with Gasteiger partial charge in [0, 0.05) is 16.7 Å². The predicted molar refractivity (Wildman–Crippen MR) is 70.3 cm³/mol. The van der Waals surface area contributed by atoms with Crippen LogP contribution in [0, 0.1) is 0 Å². The Balaban J connectivity index is 2.49. The summed E-state index contributed by atoms with van der Waals surface area (Å²) < 4.78 is 9.87. The molecule has 3 N–H and O–H groups in total. The molecule has 1 aromatic carbocycles. The third-order valence-electron chi connectivity index (χ3n) is 2.48. The molecule has 0 radical (unpaired) electrons. The van der Waals surface area contributed by atoms with Gasteiger partial charge in [0.2, 0.25) is 0 Å². The van der Waals surface area contributed by atoms with Crippen molar-refractivity contribution in [3.8, 4) is 0 Å². The van der Waals surface area contributed by atoms with Crippen LogP contribution >= 0.6 is 0 Å². The molecule has 6 nitrogen and oxygen atoms in total. The molecule has 0 bridgehead atoms. The fourth-order valence-electron chi connectivity index (χ4n) is 1.48. The van der Waals surface area contributed by atoms with Crippen LogP contribution in [0.5, 0.6) is 0 Å². The highest BCUT2D eigenvalue weighted by Crippen LogP contribution is 2.23. The zero-order valence-electron chi connectivity index (χ0n) is 11.2. The van der Waals surface area contributed by atoms with Gasteiger partial charge >= 0.3 is 5.97 Å². The summed E-state index contributed by atoms with van der Waals surface area (Å²) in [5.74, 6) is -0.533.